The third-order valence-corrected chi connectivity index (χ3v) is 10.2. The fraction of sp³-hybridized carbons (Fsp3) is 0.857. The minimum atomic E-state index is -1.10. The van der Waals surface area contributed by atoms with Crippen molar-refractivity contribution in [1.29, 1.82) is 0 Å². The van der Waals surface area contributed by atoms with Crippen molar-refractivity contribution in [3.8, 4) is 0 Å². The van der Waals surface area contributed by atoms with Gasteiger partial charge < -0.3 is 0 Å². The summed E-state index contributed by atoms with van der Waals surface area (Å²) in [7, 11) is -2.09. The predicted octanol–water partition coefficient (Wildman–Crippen LogP) is 5.66. The molecule has 0 rings (SSSR count). The van der Waals surface area contributed by atoms with E-state index in [1.807, 2.05) is 0 Å². The van der Waals surface area contributed by atoms with Crippen molar-refractivity contribution >= 4 is 16.1 Å². The molecule has 0 fully saturated rings. The normalized spacial score (nSPS) is 12.8. The number of hydrogen-bond acceptors (Lipinski definition) is 0. The van der Waals surface area contributed by atoms with Gasteiger partial charge in [0.2, 0.25) is 0 Å². The molecule has 0 nitrogen and oxygen atoms in total. The van der Waals surface area contributed by atoms with Gasteiger partial charge in [-0.2, -0.15) is 0 Å². The summed E-state index contributed by atoms with van der Waals surface area (Å²) in [5, 5.41) is 0. The first-order valence-corrected chi connectivity index (χ1v) is 13.7. The van der Waals surface area contributed by atoms with Crippen LogP contribution in [0.4, 0.5) is 4.39 Å². The minimum Gasteiger partial charge on any atom is -0.251 e. The molecule has 0 aliphatic rings. The van der Waals surface area contributed by atoms with E-state index in [4.69, 9.17) is 0 Å². The Kier molecular flexibility index (Phi) is 8.30. The van der Waals surface area contributed by atoms with Crippen LogP contribution < -0.4 is 0 Å². The van der Waals surface area contributed by atoms with Crippen molar-refractivity contribution in [3.05, 3.63) is 12.3 Å². The topological polar surface area (TPSA) is 0 Å². The van der Waals surface area contributed by atoms with Crippen LogP contribution in [0.15, 0.2) is 12.3 Å². The molecule has 0 spiro atoms. The quantitative estimate of drug-likeness (QED) is 0.356. The fourth-order valence-corrected chi connectivity index (χ4v) is 8.88. The monoisotopic (exact) mass is 274 g/mol. The van der Waals surface area contributed by atoms with Crippen molar-refractivity contribution in [2.45, 2.75) is 70.0 Å². The lowest BCUT2D eigenvalue weighted by Crippen LogP contribution is -2.30. The summed E-state index contributed by atoms with van der Waals surface area (Å²) in [4.78, 5) is 0. The summed E-state index contributed by atoms with van der Waals surface area (Å²) in [5.74, 6) is 0. The Bertz CT molecular complexity index is 212. The van der Waals surface area contributed by atoms with E-state index in [2.05, 4.69) is 38.5 Å². The summed E-state index contributed by atoms with van der Waals surface area (Å²) in [6.07, 6.45) is 4.38. The largest absolute Gasteiger partial charge is 0.251 e. The maximum absolute atomic E-state index is 11.9. The molecule has 0 aliphatic carbocycles. The van der Waals surface area contributed by atoms with Gasteiger partial charge in [-0.3, -0.25) is 4.39 Å². The lowest BCUT2D eigenvalue weighted by atomic mass is 10.2. The highest BCUT2D eigenvalue weighted by Gasteiger charge is 2.24. The number of alkyl halides is 1. The molecule has 0 atom stereocenters. The van der Waals surface area contributed by atoms with E-state index in [1.54, 1.807) is 0 Å². The molecule has 102 valence electrons. The molecule has 0 bridgehead atoms. The first-order valence-electron chi connectivity index (χ1n) is 7.02. The van der Waals surface area contributed by atoms with Crippen molar-refractivity contribution < 1.29 is 4.39 Å². The molecule has 0 amide bonds. The second-order valence-corrected chi connectivity index (χ2v) is 16.9. The Morgan fingerprint density at radius 2 is 1.47 bits per heavy atom. The summed E-state index contributed by atoms with van der Waals surface area (Å²) in [5.41, 5.74) is 2.22. The standard InChI is InChI=1S/C14H31FSi2/c1-6-16(2,3)13-14-17(4,5)12-10-8-7-9-11-15/h6H,1,7-14H2,2-5H3. The molecule has 0 N–H and O–H groups in total. The maximum Gasteiger partial charge on any atom is 0.0894 e. The van der Waals surface area contributed by atoms with Crippen LogP contribution in [0.25, 0.3) is 0 Å². The lowest BCUT2D eigenvalue weighted by Gasteiger charge is -2.26. The average Bonchev–Trinajstić information content (AvgIpc) is 2.27. The Morgan fingerprint density at radius 3 is 2.00 bits per heavy atom. The zero-order chi connectivity index (χ0) is 13.4. The second-order valence-electron chi connectivity index (χ2n) is 6.71. The van der Waals surface area contributed by atoms with Gasteiger partial charge in [-0.1, -0.05) is 63.6 Å². The zero-order valence-electron chi connectivity index (χ0n) is 12.3. The molecule has 0 saturated heterocycles. The number of rotatable bonds is 10. The van der Waals surface area contributed by atoms with Crippen LogP contribution in [0.2, 0.25) is 44.3 Å². The van der Waals surface area contributed by atoms with Crippen LogP contribution in [0, 0.1) is 0 Å². The third kappa shape index (κ3) is 9.77. The summed E-state index contributed by atoms with van der Waals surface area (Å²) in [6.45, 7) is 13.7. The molecule has 17 heavy (non-hydrogen) atoms. The molecular weight excluding hydrogens is 243 g/mol. The van der Waals surface area contributed by atoms with Gasteiger partial charge in [0.25, 0.3) is 0 Å². The van der Waals surface area contributed by atoms with Crippen LogP contribution in [0.3, 0.4) is 0 Å². The fourth-order valence-electron chi connectivity index (χ4n) is 1.94. The van der Waals surface area contributed by atoms with Gasteiger partial charge in [0.15, 0.2) is 0 Å². The predicted molar refractivity (Wildman–Crippen MR) is 84.0 cm³/mol. The van der Waals surface area contributed by atoms with Crippen LogP contribution in [-0.2, 0) is 0 Å². The molecular formula is C14H31FSi2. The lowest BCUT2D eigenvalue weighted by molar-refractivity contribution is 0.455. The van der Waals surface area contributed by atoms with E-state index in [-0.39, 0.29) is 6.67 Å². The van der Waals surface area contributed by atoms with Gasteiger partial charge in [-0.15, -0.1) is 12.3 Å². The Labute approximate surface area is 110 Å². The Morgan fingerprint density at radius 1 is 0.882 bits per heavy atom. The molecule has 0 aromatic heterocycles. The number of unbranched alkanes of at least 4 members (excludes halogenated alkanes) is 3. The third-order valence-electron chi connectivity index (χ3n) is 3.74. The molecule has 0 aromatic rings. The molecule has 0 heterocycles. The van der Waals surface area contributed by atoms with Gasteiger partial charge in [-0.25, -0.2) is 0 Å². The zero-order valence-corrected chi connectivity index (χ0v) is 14.3. The van der Waals surface area contributed by atoms with E-state index in [0.717, 1.165) is 12.8 Å². The molecule has 3 heteroatoms. The van der Waals surface area contributed by atoms with Crippen LogP contribution in [-0.4, -0.2) is 22.8 Å². The maximum atomic E-state index is 11.9. The number of halogens is 1. The van der Waals surface area contributed by atoms with E-state index >= 15 is 0 Å². The van der Waals surface area contributed by atoms with Crippen molar-refractivity contribution in [2.24, 2.45) is 0 Å². The van der Waals surface area contributed by atoms with Crippen LogP contribution in [0.5, 0.6) is 0 Å². The summed E-state index contributed by atoms with van der Waals surface area (Å²) in [6, 6.07) is 4.27. The summed E-state index contributed by atoms with van der Waals surface area (Å²) < 4.78 is 11.9. The van der Waals surface area contributed by atoms with Gasteiger partial charge in [0, 0.05) is 8.07 Å². The molecule has 0 radical (unpaired) electrons. The van der Waals surface area contributed by atoms with Crippen molar-refractivity contribution in [2.75, 3.05) is 6.67 Å². The Balaban J connectivity index is 3.76. The highest BCUT2D eigenvalue weighted by molar-refractivity contribution is 6.85. The van der Waals surface area contributed by atoms with E-state index < -0.39 is 16.1 Å². The van der Waals surface area contributed by atoms with E-state index in [9.17, 15) is 4.39 Å². The van der Waals surface area contributed by atoms with Gasteiger partial charge in [-0.05, 0) is 6.42 Å². The minimum absolute atomic E-state index is 0.139. The first-order chi connectivity index (χ1) is 7.83. The first kappa shape index (κ1) is 17.1. The molecule has 0 unspecified atom stereocenters. The van der Waals surface area contributed by atoms with Crippen LogP contribution >= 0.6 is 0 Å². The van der Waals surface area contributed by atoms with Gasteiger partial charge >= 0.3 is 0 Å². The van der Waals surface area contributed by atoms with Crippen LogP contribution in [0.1, 0.15) is 25.7 Å². The highest BCUT2D eigenvalue weighted by atomic mass is 28.3. The molecule has 0 aliphatic heterocycles. The summed E-state index contributed by atoms with van der Waals surface area (Å²) >= 11 is 0. The second kappa shape index (κ2) is 8.25. The average molecular weight is 275 g/mol. The van der Waals surface area contributed by atoms with Gasteiger partial charge in [0.1, 0.15) is 0 Å². The molecule has 0 aromatic carbocycles. The number of hydrogen-bond donors (Lipinski definition) is 0. The Hall–Kier alpha value is 0.104. The smallest absolute Gasteiger partial charge is 0.0894 e. The molecule has 0 saturated carbocycles. The highest BCUT2D eigenvalue weighted by Crippen LogP contribution is 2.25. The van der Waals surface area contributed by atoms with Crippen molar-refractivity contribution in [3.63, 3.8) is 0 Å². The SMILES string of the molecule is C=C[Si](C)(C)CC[Si](C)(C)CCCCCCF. The van der Waals surface area contributed by atoms with E-state index in [1.165, 1.54) is 31.0 Å². The van der Waals surface area contributed by atoms with Gasteiger partial charge in [0.05, 0.1) is 14.7 Å². The van der Waals surface area contributed by atoms with E-state index in [0.29, 0.717) is 0 Å². The van der Waals surface area contributed by atoms with Crippen molar-refractivity contribution in [1.82, 2.24) is 0 Å².